The number of fused-ring (bicyclic) bond motifs is 1. The van der Waals surface area contributed by atoms with E-state index in [0.29, 0.717) is 9.82 Å². The third-order valence-electron chi connectivity index (χ3n) is 4.60. The van der Waals surface area contributed by atoms with E-state index in [0.717, 1.165) is 10.2 Å². The van der Waals surface area contributed by atoms with Gasteiger partial charge >= 0.3 is 0 Å². The van der Waals surface area contributed by atoms with Crippen molar-refractivity contribution in [2.24, 2.45) is 4.99 Å². The Balaban J connectivity index is 1.99. The summed E-state index contributed by atoms with van der Waals surface area (Å²) in [4.78, 5) is 17.5. The number of carbonyl (C=O) groups is 1. The topological polar surface area (TPSA) is 71.7 Å². The lowest BCUT2D eigenvalue weighted by molar-refractivity contribution is 0.0998. The predicted octanol–water partition coefficient (Wildman–Crippen LogP) is 3.76. The smallest absolute Gasteiger partial charge is 0.279 e. The quantitative estimate of drug-likeness (QED) is 0.543. The minimum atomic E-state index is -3.62. The third kappa shape index (κ3) is 4.35. The molecule has 30 heavy (non-hydrogen) atoms. The van der Waals surface area contributed by atoms with Gasteiger partial charge in [-0.05, 0) is 56.3 Å². The van der Waals surface area contributed by atoms with Crippen molar-refractivity contribution in [1.82, 2.24) is 8.87 Å². The summed E-state index contributed by atoms with van der Waals surface area (Å²) in [6.07, 6.45) is 5.47. The van der Waals surface area contributed by atoms with Gasteiger partial charge in [-0.3, -0.25) is 4.79 Å². The van der Waals surface area contributed by atoms with E-state index in [1.165, 1.54) is 47.0 Å². The van der Waals surface area contributed by atoms with E-state index in [4.69, 9.17) is 18.0 Å². The van der Waals surface area contributed by atoms with Crippen molar-refractivity contribution >= 4 is 49.1 Å². The molecule has 0 atom stereocenters. The van der Waals surface area contributed by atoms with E-state index in [2.05, 4.69) is 10.9 Å². The van der Waals surface area contributed by atoms with Crippen LogP contribution in [0.1, 0.15) is 24.2 Å². The fraction of sp³-hybridized carbons (Fsp3) is 0.238. The van der Waals surface area contributed by atoms with Crippen molar-refractivity contribution in [3.8, 4) is 12.3 Å². The van der Waals surface area contributed by atoms with Gasteiger partial charge in [-0.1, -0.05) is 28.9 Å². The Morgan fingerprint density at radius 3 is 2.53 bits per heavy atom. The number of carbonyl (C=O) groups excluding carboxylic acids is 1. The molecule has 0 N–H and O–H groups in total. The Labute approximate surface area is 184 Å². The van der Waals surface area contributed by atoms with E-state index in [1.807, 2.05) is 6.07 Å². The Hall–Kier alpha value is -2.44. The number of benzene rings is 2. The molecule has 0 aliphatic heterocycles. The molecular formula is C21H20ClN3O3S2. The summed E-state index contributed by atoms with van der Waals surface area (Å²) in [5, 5.41) is 0.581. The van der Waals surface area contributed by atoms with Gasteiger partial charge in [0, 0.05) is 23.7 Å². The Bertz CT molecular complexity index is 1310. The molecule has 0 saturated heterocycles. The zero-order valence-electron chi connectivity index (χ0n) is 16.7. The van der Waals surface area contributed by atoms with Crippen molar-refractivity contribution in [1.29, 1.82) is 0 Å². The van der Waals surface area contributed by atoms with Crippen LogP contribution in [0.25, 0.3) is 10.2 Å². The first-order chi connectivity index (χ1) is 14.1. The number of hydrogen-bond acceptors (Lipinski definition) is 4. The fourth-order valence-electron chi connectivity index (χ4n) is 2.74. The number of aromatic nitrogens is 1. The van der Waals surface area contributed by atoms with Gasteiger partial charge in [0.2, 0.25) is 10.0 Å². The highest BCUT2D eigenvalue weighted by Gasteiger charge is 2.23. The van der Waals surface area contributed by atoms with Gasteiger partial charge in [-0.2, -0.15) is 9.30 Å². The zero-order valence-corrected chi connectivity index (χ0v) is 19.1. The van der Waals surface area contributed by atoms with Crippen LogP contribution in [0, 0.1) is 12.3 Å². The third-order valence-corrected chi connectivity index (χ3v) is 7.92. The minimum Gasteiger partial charge on any atom is -0.305 e. The van der Waals surface area contributed by atoms with Gasteiger partial charge in [0.1, 0.15) is 0 Å². The van der Waals surface area contributed by atoms with E-state index in [9.17, 15) is 13.2 Å². The molecule has 0 aliphatic carbocycles. The second-order valence-electron chi connectivity index (χ2n) is 6.84. The molecule has 9 heteroatoms. The Morgan fingerprint density at radius 1 is 1.27 bits per heavy atom. The summed E-state index contributed by atoms with van der Waals surface area (Å²) in [7, 11) is -2.10. The summed E-state index contributed by atoms with van der Waals surface area (Å²) >= 11 is 7.37. The highest BCUT2D eigenvalue weighted by molar-refractivity contribution is 7.89. The molecule has 0 radical (unpaired) electrons. The monoisotopic (exact) mass is 461 g/mol. The van der Waals surface area contributed by atoms with Crippen LogP contribution in [-0.2, 0) is 16.6 Å². The van der Waals surface area contributed by atoms with Crippen LogP contribution in [0.15, 0.2) is 52.4 Å². The first kappa shape index (κ1) is 22.2. The molecule has 0 bridgehead atoms. The second kappa shape index (κ2) is 8.74. The molecule has 0 aliphatic rings. The molecule has 2 aromatic carbocycles. The minimum absolute atomic E-state index is 0.120. The van der Waals surface area contributed by atoms with Crippen LogP contribution in [0.4, 0.5) is 0 Å². The maximum Gasteiger partial charge on any atom is 0.279 e. The summed E-state index contributed by atoms with van der Waals surface area (Å²) in [6.45, 7) is 3.84. The molecule has 3 rings (SSSR count). The second-order valence-corrected chi connectivity index (χ2v) is 10.3. The largest absolute Gasteiger partial charge is 0.305 e. The molecule has 0 saturated carbocycles. The maximum atomic E-state index is 12.7. The van der Waals surface area contributed by atoms with Crippen LogP contribution in [-0.4, -0.2) is 36.3 Å². The lowest BCUT2D eigenvalue weighted by Crippen LogP contribution is -2.33. The molecule has 0 fully saturated rings. The van der Waals surface area contributed by atoms with E-state index >= 15 is 0 Å². The van der Waals surface area contributed by atoms with E-state index < -0.39 is 15.9 Å². The molecule has 6 nitrogen and oxygen atoms in total. The molecule has 1 heterocycles. The van der Waals surface area contributed by atoms with Crippen molar-refractivity contribution in [2.75, 3.05) is 7.05 Å². The number of amides is 1. The molecule has 156 valence electrons. The van der Waals surface area contributed by atoms with Gasteiger partial charge in [-0.15, -0.1) is 6.42 Å². The molecule has 1 amide bonds. The van der Waals surface area contributed by atoms with Crippen molar-refractivity contribution < 1.29 is 13.2 Å². The normalized spacial score (nSPS) is 12.6. The number of nitrogens with zero attached hydrogens (tertiary/aromatic N) is 3. The van der Waals surface area contributed by atoms with Gasteiger partial charge < -0.3 is 4.57 Å². The lowest BCUT2D eigenvalue weighted by Gasteiger charge is -2.20. The van der Waals surface area contributed by atoms with Gasteiger partial charge in [0.05, 0.1) is 21.7 Å². The first-order valence-electron chi connectivity index (χ1n) is 9.04. The summed E-state index contributed by atoms with van der Waals surface area (Å²) in [6, 6.07) is 10.9. The van der Waals surface area contributed by atoms with Crippen LogP contribution in [0.3, 0.4) is 0 Å². The highest BCUT2D eigenvalue weighted by Crippen LogP contribution is 2.22. The van der Waals surface area contributed by atoms with Gasteiger partial charge in [0.15, 0.2) is 4.80 Å². The van der Waals surface area contributed by atoms with Crippen molar-refractivity contribution in [2.45, 2.75) is 31.3 Å². The average Bonchev–Trinajstić information content (AvgIpc) is 3.03. The van der Waals surface area contributed by atoms with Crippen LogP contribution < -0.4 is 4.80 Å². The Morgan fingerprint density at radius 2 is 1.93 bits per heavy atom. The first-order valence-corrected chi connectivity index (χ1v) is 11.7. The summed E-state index contributed by atoms with van der Waals surface area (Å²) in [5.41, 5.74) is 1.12. The van der Waals surface area contributed by atoms with Crippen molar-refractivity contribution in [3.63, 3.8) is 0 Å². The van der Waals surface area contributed by atoms with Crippen LogP contribution >= 0.6 is 22.9 Å². The lowest BCUT2D eigenvalue weighted by atomic mass is 10.2. The number of halogens is 1. The summed E-state index contributed by atoms with van der Waals surface area (Å²) in [5.74, 6) is 2.08. The highest BCUT2D eigenvalue weighted by atomic mass is 35.5. The number of rotatable bonds is 5. The Kier molecular flexibility index (Phi) is 6.48. The average molecular weight is 462 g/mol. The predicted molar refractivity (Wildman–Crippen MR) is 120 cm³/mol. The van der Waals surface area contributed by atoms with E-state index in [-0.39, 0.29) is 23.0 Å². The number of sulfonamides is 1. The zero-order chi connectivity index (χ0) is 22.1. The molecule has 3 aromatic rings. The molecule has 0 spiro atoms. The molecule has 0 unspecified atom stereocenters. The number of thiazole rings is 1. The van der Waals surface area contributed by atoms with E-state index in [1.54, 1.807) is 30.5 Å². The molecular weight excluding hydrogens is 442 g/mol. The van der Waals surface area contributed by atoms with Gasteiger partial charge in [-0.25, -0.2) is 8.42 Å². The summed E-state index contributed by atoms with van der Waals surface area (Å²) < 4.78 is 29.1. The molecule has 1 aromatic heterocycles. The number of terminal acetylenes is 1. The SMILES string of the molecule is C#CCn1c(=NC(=O)c2ccc(S(=O)(=O)N(C)C(C)C)cc2)sc2cc(Cl)ccc21. The van der Waals surface area contributed by atoms with Crippen LogP contribution in [0.2, 0.25) is 5.02 Å². The standard InChI is InChI=1S/C21H20ClN3O3S2/c1-5-12-25-18-11-8-16(22)13-19(18)29-21(25)23-20(26)15-6-9-17(10-7-15)30(27,28)24(4)14(2)3/h1,6-11,13-14H,12H2,2-4H3. The van der Waals surface area contributed by atoms with Crippen molar-refractivity contribution in [3.05, 3.63) is 57.9 Å². The van der Waals surface area contributed by atoms with Gasteiger partial charge in [0.25, 0.3) is 5.91 Å². The maximum absolute atomic E-state index is 12.7. The number of hydrogen-bond donors (Lipinski definition) is 0. The fourth-order valence-corrected chi connectivity index (χ4v) is 5.41. The van der Waals surface area contributed by atoms with Crippen LogP contribution in [0.5, 0.6) is 0 Å².